The molecule has 1 aromatic carbocycles. The van der Waals surface area contributed by atoms with E-state index in [0.717, 1.165) is 21.4 Å². The van der Waals surface area contributed by atoms with E-state index < -0.39 is 5.97 Å². The van der Waals surface area contributed by atoms with E-state index in [2.05, 4.69) is 20.9 Å². The number of halogens is 2. The Kier molecular flexibility index (Phi) is 4.44. The Hall–Kier alpha value is -1.11. The van der Waals surface area contributed by atoms with E-state index >= 15 is 0 Å². The van der Waals surface area contributed by atoms with Gasteiger partial charge in [-0.2, -0.15) is 0 Å². The topological polar surface area (TPSA) is 59.4 Å². The molecule has 0 bridgehead atoms. The highest BCUT2D eigenvalue weighted by molar-refractivity contribution is 9.10. The summed E-state index contributed by atoms with van der Waals surface area (Å²) in [6.45, 7) is 2.07. The van der Waals surface area contributed by atoms with Crippen LogP contribution in [0.1, 0.15) is 21.1 Å². The normalized spacial score (nSPS) is 10.5. The van der Waals surface area contributed by atoms with Gasteiger partial charge in [-0.3, -0.25) is 0 Å². The molecule has 1 N–H and O–H groups in total. The van der Waals surface area contributed by atoms with Crippen molar-refractivity contribution in [3.05, 3.63) is 43.3 Å². The van der Waals surface area contributed by atoms with E-state index in [1.54, 1.807) is 11.4 Å². The maximum Gasteiger partial charge on any atom is 0.365 e. The van der Waals surface area contributed by atoms with Gasteiger partial charge in [0.2, 0.25) is 5.01 Å². The number of aryl methyl sites for hydroxylation is 1. The number of benzene rings is 1. The van der Waals surface area contributed by atoms with E-state index in [9.17, 15) is 4.79 Å². The molecule has 2 rings (SSSR count). The van der Waals surface area contributed by atoms with E-state index in [-0.39, 0.29) is 11.6 Å². The van der Waals surface area contributed by atoms with Gasteiger partial charge in [0.25, 0.3) is 0 Å². The molecule has 0 atom stereocenters. The number of carbonyl (C=O) groups is 1. The number of rotatable bonds is 4. The van der Waals surface area contributed by atoms with E-state index in [1.165, 1.54) is 0 Å². The Labute approximate surface area is 127 Å². The van der Waals surface area contributed by atoms with Gasteiger partial charge in [0.15, 0.2) is 0 Å². The smallest absolute Gasteiger partial charge is 0.365 e. The number of carboxylic acids is 1. The predicted molar refractivity (Wildman–Crippen MR) is 77.3 cm³/mol. The molecule has 0 spiro atoms. The molecular weight excluding hydrogens is 354 g/mol. The van der Waals surface area contributed by atoms with Crippen molar-refractivity contribution in [2.75, 3.05) is 0 Å². The lowest BCUT2D eigenvalue weighted by Crippen LogP contribution is -2.00. The quantitative estimate of drug-likeness (QED) is 0.888. The first-order valence-corrected chi connectivity index (χ1v) is 7.28. The minimum Gasteiger partial charge on any atom is -0.485 e. The zero-order valence-corrected chi connectivity index (χ0v) is 13.0. The largest absolute Gasteiger partial charge is 0.485 e. The van der Waals surface area contributed by atoms with Gasteiger partial charge in [-0.15, -0.1) is 11.3 Å². The van der Waals surface area contributed by atoms with Crippen LogP contribution in [0, 0.1) is 6.92 Å². The maximum atomic E-state index is 10.7. The van der Waals surface area contributed by atoms with Crippen LogP contribution in [0.15, 0.2) is 22.0 Å². The molecule has 100 valence electrons. The third-order valence-corrected chi connectivity index (χ3v) is 3.91. The van der Waals surface area contributed by atoms with Crippen molar-refractivity contribution in [3.63, 3.8) is 0 Å². The average Bonchev–Trinajstić information content (AvgIpc) is 2.76. The van der Waals surface area contributed by atoms with Crippen molar-refractivity contribution in [1.82, 2.24) is 4.98 Å². The number of carboxylic acid groups (broad SMARTS) is 1. The first-order chi connectivity index (χ1) is 8.97. The number of aromatic nitrogens is 1. The van der Waals surface area contributed by atoms with Gasteiger partial charge in [0.05, 0.1) is 10.7 Å². The van der Waals surface area contributed by atoms with Crippen molar-refractivity contribution in [2.24, 2.45) is 0 Å². The van der Waals surface area contributed by atoms with Gasteiger partial charge in [0.1, 0.15) is 12.4 Å². The average molecular weight is 363 g/mol. The SMILES string of the molecule is Cc1cc(Br)cc(Cl)c1OCc1csc(C(=O)O)n1. The Morgan fingerprint density at radius 3 is 2.89 bits per heavy atom. The minimum absolute atomic E-state index is 0.0530. The summed E-state index contributed by atoms with van der Waals surface area (Å²) in [5.41, 5.74) is 1.47. The molecular formula is C12H9BrClNO3S. The highest BCUT2D eigenvalue weighted by atomic mass is 79.9. The lowest BCUT2D eigenvalue weighted by molar-refractivity contribution is 0.0696. The highest BCUT2D eigenvalue weighted by Crippen LogP contribution is 2.32. The molecule has 19 heavy (non-hydrogen) atoms. The van der Waals surface area contributed by atoms with Crippen molar-refractivity contribution < 1.29 is 14.6 Å². The summed E-state index contributed by atoms with van der Waals surface area (Å²) >= 11 is 10.5. The molecule has 0 saturated carbocycles. The first kappa shape index (κ1) is 14.3. The molecule has 0 saturated heterocycles. The predicted octanol–water partition coefficient (Wildman–Crippen LogP) is 4.14. The van der Waals surface area contributed by atoms with Crippen LogP contribution in [-0.2, 0) is 6.61 Å². The summed E-state index contributed by atoms with van der Waals surface area (Å²) in [5.74, 6) is -0.455. The Morgan fingerprint density at radius 1 is 1.58 bits per heavy atom. The standard InChI is InChI=1S/C12H9BrClNO3S/c1-6-2-7(13)3-9(14)10(6)18-4-8-5-19-11(15-8)12(16)17/h2-3,5H,4H2,1H3,(H,16,17). The Balaban J connectivity index is 2.12. The molecule has 0 unspecified atom stereocenters. The van der Waals surface area contributed by atoms with E-state index in [1.807, 2.05) is 13.0 Å². The molecule has 0 radical (unpaired) electrons. The first-order valence-electron chi connectivity index (χ1n) is 5.23. The number of ether oxygens (including phenoxy) is 1. The van der Waals surface area contributed by atoms with Crippen molar-refractivity contribution in [3.8, 4) is 5.75 Å². The molecule has 0 aliphatic heterocycles. The minimum atomic E-state index is -1.03. The Bertz CT molecular complexity index is 606. The van der Waals surface area contributed by atoms with Crippen LogP contribution in [0.5, 0.6) is 5.75 Å². The van der Waals surface area contributed by atoms with Gasteiger partial charge < -0.3 is 9.84 Å². The van der Waals surface area contributed by atoms with Gasteiger partial charge in [-0.25, -0.2) is 9.78 Å². The Morgan fingerprint density at radius 2 is 2.32 bits per heavy atom. The molecule has 1 aromatic heterocycles. The number of hydrogen-bond donors (Lipinski definition) is 1. The van der Waals surface area contributed by atoms with E-state index in [0.29, 0.717) is 16.5 Å². The van der Waals surface area contributed by atoms with Crippen LogP contribution in [0.3, 0.4) is 0 Å². The third kappa shape index (κ3) is 3.46. The lowest BCUT2D eigenvalue weighted by Gasteiger charge is -2.10. The molecule has 0 aliphatic carbocycles. The number of nitrogens with zero attached hydrogens (tertiary/aromatic N) is 1. The second-order valence-corrected chi connectivity index (χ2v) is 5.95. The zero-order chi connectivity index (χ0) is 14.0. The summed E-state index contributed by atoms with van der Waals surface area (Å²) in [6, 6.07) is 3.64. The lowest BCUT2D eigenvalue weighted by atomic mass is 10.2. The van der Waals surface area contributed by atoms with Crippen LogP contribution < -0.4 is 4.74 Å². The van der Waals surface area contributed by atoms with Gasteiger partial charge in [-0.1, -0.05) is 27.5 Å². The van der Waals surface area contributed by atoms with Crippen LogP contribution >= 0.6 is 38.9 Å². The fourth-order valence-corrected chi connectivity index (χ4v) is 3.15. The zero-order valence-electron chi connectivity index (χ0n) is 9.81. The van der Waals surface area contributed by atoms with Gasteiger partial charge >= 0.3 is 5.97 Å². The number of hydrogen-bond acceptors (Lipinski definition) is 4. The summed E-state index contributed by atoms with van der Waals surface area (Å²) in [4.78, 5) is 14.7. The fraction of sp³-hybridized carbons (Fsp3) is 0.167. The summed E-state index contributed by atoms with van der Waals surface area (Å²) in [7, 11) is 0. The van der Waals surface area contributed by atoms with Crippen LogP contribution in [0.25, 0.3) is 0 Å². The molecule has 7 heteroatoms. The monoisotopic (exact) mass is 361 g/mol. The van der Waals surface area contributed by atoms with Crippen LogP contribution in [-0.4, -0.2) is 16.1 Å². The van der Waals surface area contributed by atoms with Gasteiger partial charge in [0, 0.05) is 9.85 Å². The summed E-state index contributed by atoms with van der Waals surface area (Å²) in [5, 5.41) is 11.0. The molecule has 2 aromatic rings. The van der Waals surface area contributed by atoms with Crippen molar-refractivity contribution in [2.45, 2.75) is 13.5 Å². The number of aromatic carboxylic acids is 1. The molecule has 0 fully saturated rings. The van der Waals surface area contributed by atoms with Gasteiger partial charge in [-0.05, 0) is 24.6 Å². The molecule has 4 nitrogen and oxygen atoms in total. The second-order valence-electron chi connectivity index (χ2n) is 3.77. The second kappa shape index (κ2) is 5.90. The van der Waals surface area contributed by atoms with Crippen LogP contribution in [0.4, 0.5) is 0 Å². The van der Waals surface area contributed by atoms with Crippen molar-refractivity contribution in [1.29, 1.82) is 0 Å². The number of thiazole rings is 1. The maximum absolute atomic E-state index is 10.7. The molecule has 1 heterocycles. The van der Waals surface area contributed by atoms with Crippen LogP contribution in [0.2, 0.25) is 5.02 Å². The molecule has 0 aliphatic rings. The fourth-order valence-electron chi connectivity index (χ4n) is 1.49. The summed E-state index contributed by atoms with van der Waals surface area (Å²) < 4.78 is 6.48. The third-order valence-electron chi connectivity index (χ3n) is 2.29. The van der Waals surface area contributed by atoms with Crippen molar-refractivity contribution >= 4 is 44.8 Å². The van der Waals surface area contributed by atoms with E-state index in [4.69, 9.17) is 21.4 Å². The molecule has 0 amide bonds. The summed E-state index contributed by atoms with van der Waals surface area (Å²) in [6.07, 6.45) is 0. The highest BCUT2D eigenvalue weighted by Gasteiger charge is 2.11.